The van der Waals surface area contributed by atoms with Gasteiger partial charge in [0.1, 0.15) is 0 Å². The van der Waals surface area contributed by atoms with Gasteiger partial charge in [0, 0.05) is 30.3 Å². The lowest BCUT2D eigenvalue weighted by molar-refractivity contribution is -0.169. The average molecular weight is 272 g/mol. The van der Waals surface area contributed by atoms with E-state index in [1.165, 1.54) is 0 Å². The SMILES string of the molecule is O=C1c2ccccc2[C@]2(O)[C@H]3OCC[C@H]3[C@H]3CCO[C@]132. The second-order valence-corrected chi connectivity index (χ2v) is 6.36. The van der Waals surface area contributed by atoms with E-state index < -0.39 is 11.2 Å². The summed E-state index contributed by atoms with van der Waals surface area (Å²) in [7, 11) is 0. The van der Waals surface area contributed by atoms with Gasteiger partial charge in [-0.25, -0.2) is 0 Å². The summed E-state index contributed by atoms with van der Waals surface area (Å²) in [5.74, 6) is 0.274. The lowest BCUT2D eigenvalue weighted by atomic mass is 9.79. The van der Waals surface area contributed by atoms with Gasteiger partial charge in [-0.05, 0) is 18.8 Å². The lowest BCUT2D eigenvalue weighted by Crippen LogP contribution is -2.55. The van der Waals surface area contributed by atoms with Crippen LogP contribution >= 0.6 is 0 Å². The third-order valence-corrected chi connectivity index (χ3v) is 5.83. The minimum atomic E-state index is -1.30. The molecule has 0 radical (unpaired) electrons. The molecule has 3 fully saturated rings. The Kier molecular flexibility index (Phi) is 1.90. The first-order chi connectivity index (χ1) is 9.71. The highest BCUT2D eigenvalue weighted by atomic mass is 16.6. The Morgan fingerprint density at radius 2 is 2.05 bits per heavy atom. The number of ketones is 1. The Morgan fingerprint density at radius 3 is 2.95 bits per heavy atom. The molecule has 2 aliphatic carbocycles. The zero-order valence-corrected chi connectivity index (χ0v) is 11.0. The van der Waals surface area contributed by atoms with Crippen LogP contribution in [0.15, 0.2) is 24.3 Å². The molecule has 1 N–H and O–H groups in total. The van der Waals surface area contributed by atoms with Gasteiger partial charge in [-0.3, -0.25) is 4.79 Å². The largest absolute Gasteiger partial charge is 0.379 e. The molecule has 4 aliphatic rings. The van der Waals surface area contributed by atoms with E-state index in [2.05, 4.69) is 0 Å². The van der Waals surface area contributed by atoms with Crippen molar-refractivity contribution in [3.63, 3.8) is 0 Å². The third-order valence-electron chi connectivity index (χ3n) is 5.83. The third kappa shape index (κ3) is 0.908. The molecule has 4 heteroatoms. The molecule has 2 heterocycles. The van der Waals surface area contributed by atoms with Crippen molar-refractivity contribution in [3.05, 3.63) is 35.4 Å². The number of fused-ring (bicyclic) bond motifs is 5. The summed E-state index contributed by atoms with van der Waals surface area (Å²) >= 11 is 0. The number of benzene rings is 1. The molecule has 20 heavy (non-hydrogen) atoms. The summed E-state index contributed by atoms with van der Waals surface area (Å²) in [5.41, 5.74) is -1.09. The van der Waals surface area contributed by atoms with Crippen LogP contribution in [0.4, 0.5) is 0 Å². The lowest BCUT2D eigenvalue weighted by Gasteiger charge is -2.37. The second-order valence-electron chi connectivity index (χ2n) is 6.36. The molecule has 2 aliphatic heterocycles. The van der Waals surface area contributed by atoms with Gasteiger partial charge in [0.25, 0.3) is 0 Å². The zero-order valence-electron chi connectivity index (χ0n) is 11.0. The van der Waals surface area contributed by atoms with Crippen molar-refractivity contribution < 1.29 is 19.4 Å². The van der Waals surface area contributed by atoms with Crippen molar-refractivity contribution in [2.24, 2.45) is 11.8 Å². The summed E-state index contributed by atoms with van der Waals surface area (Å²) in [5, 5.41) is 11.5. The summed E-state index contributed by atoms with van der Waals surface area (Å²) < 4.78 is 11.8. The number of aliphatic hydroxyl groups is 1. The van der Waals surface area contributed by atoms with Crippen molar-refractivity contribution in [2.75, 3.05) is 13.2 Å². The minimum absolute atomic E-state index is 0.0453. The van der Waals surface area contributed by atoms with E-state index in [-0.39, 0.29) is 23.7 Å². The van der Waals surface area contributed by atoms with Crippen LogP contribution in [0, 0.1) is 11.8 Å². The number of carbonyl (C=O) groups is 1. The molecule has 2 saturated heterocycles. The van der Waals surface area contributed by atoms with E-state index in [4.69, 9.17) is 9.47 Å². The maximum atomic E-state index is 13.0. The van der Waals surface area contributed by atoms with Crippen LogP contribution < -0.4 is 0 Å². The van der Waals surface area contributed by atoms with Crippen LogP contribution in [0.3, 0.4) is 0 Å². The van der Waals surface area contributed by atoms with Crippen molar-refractivity contribution in [1.29, 1.82) is 0 Å². The second kappa shape index (κ2) is 3.32. The molecule has 4 nitrogen and oxygen atoms in total. The normalized spacial score (nSPS) is 48.0. The molecule has 0 bridgehead atoms. The number of carbonyl (C=O) groups excluding carboxylic acids is 1. The summed E-state index contributed by atoms with van der Waals surface area (Å²) in [6.45, 7) is 1.22. The molecule has 5 atom stereocenters. The van der Waals surface area contributed by atoms with Gasteiger partial charge in [0.05, 0.1) is 6.10 Å². The Labute approximate surface area is 116 Å². The summed E-state index contributed by atoms with van der Waals surface area (Å²) in [6, 6.07) is 7.36. The summed E-state index contributed by atoms with van der Waals surface area (Å²) in [4.78, 5) is 13.0. The predicted octanol–water partition coefficient (Wildman–Crippen LogP) is 1.26. The minimum Gasteiger partial charge on any atom is -0.379 e. The van der Waals surface area contributed by atoms with E-state index in [9.17, 15) is 9.90 Å². The van der Waals surface area contributed by atoms with Gasteiger partial charge >= 0.3 is 0 Å². The maximum absolute atomic E-state index is 13.0. The Bertz CT molecular complexity index is 627. The monoisotopic (exact) mass is 272 g/mol. The van der Waals surface area contributed by atoms with Crippen LogP contribution in [-0.4, -0.2) is 35.8 Å². The number of rotatable bonds is 0. The van der Waals surface area contributed by atoms with E-state index in [0.29, 0.717) is 24.3 Å². The zero-order chi connectivity index (χ0) is 13.5. The molecule has 1 aromatic rings. The van der Waals surface area contributed by atoms with Crippen molar-refractivity contribution in [2.45, 2.75) is 30.1 Å². The van der Waals surface area contributed by atoms with Gasteiger partial charge in [-0.1, -0.05) is 24.3 Å². The highest BCUT2D eigenvalue weighted by molar-refractivity contribution is 6.09. The fourth-order valence-electron chi connectivity index (χ4n) is 5.20. The first kappa shape index (κ1) is 11.4. The van der Waals surface area contributed by atoms with Crippen LogP contribution in [-0.2, 0) is 15.1 Å². The van der Waals surface area contributed by atoms with Gasteiger partial charge in [0.15, 0.2) is 17.0 Å². The molecule has 104 valence electrons. The topological polar surface area (TPSA) is 55.8 Å². The maximum Gasteiger partial charge on any atom is 0.198 e. The first-order valence-corrected chi connectivity index (χ1v) is 7.33. The quantitative estimate of drug-likeness (QED) is 0.772. The Hall–Kier alpha value is -1.23. The van der Waals surface area contributed by atoms with E-state index in [0.717, 1.165) is 12.8 Å². The molecular weight excluding hydrogens is 256 g/mol. The van der Waals surface area contributed by atoms with Gasteiger partial charge in [-0.15, -0.1) is 0 Å². The van der Waals surface area contributed by atoms with Gasteiger partial charge in [-0.2, -0.15) is 0 Å². The predicted molar refractivity (Wildman–Crippen MR) is 69.3 cm³/mol. The van der Waals surface area contributed by atoms with E-state index >= 15 is 0 Å². The Morgan fingerprint density at radius 1 is 1.20 bits per heavy atom. The molecule has 5 rings (SSSR count). The molecular formula is C16H16O4. The number of hydrogen-bond acceptors (Lipinski definition) is 4. The molecule has 0 aromatic heterocycles. The van der Waals surface area contributed by atoms with E-state index in [1.54, 1.807) is 6.07 Å². The van der Waals surface area contributed by atoms with Crippen molar-refractivity contribution in [1.82, 2.24) is 0 Å². The summed E-state index contributed by atoms with van der Waals surface area (Å²) in [6.07, 6.45) is 1.45. The van der Waals surface area contributed by atoms with Gasteiger partial charge < -0.3 is 14.6 Å². The Balaban J connectivity index is 1.84. The molecule has 0 unspecified atom stereocenters. The smallest absolute Gasteiger partial charge is 0.198 e. The highest BCUT2D eigenvalue weighted by Gasteiger charge is 2.80. The standard InChI is InChI=1S/C16H16O4/c17-13-9-3-1-2-4-11(9)15(18)14-10(5-7-19-14)12-6-8-20-16(12,13)15/h1-4,10,12,14,18H,5-8H2/t10-,12+,14-,15-,16-/m0/s1. The molecule has 0 amide bonds. The van der Waals surface area contributed by atoms with E-state index in [1.807, 2.05) is 18.2 Å². The molecule has 1 spiro atoms. The fraction of sp³-hybridized carbons (Fsp3) is 0.562. The molecule has 1 saturated carbocycles. The van der Waals surface area contributed by atoms with Crippen LogP contribution in [0.5, 0.6) is 0 Å². The average Bonchev–Trinajstić information content (AvgIpc) is 3.17. The number of Topliss-reactive ketones (excluding diaryl/α,β-unsaturated/α-hetero) is 1. The number of ether oxygens (including phenoxy) is 2. The molecule has 1 aromatic carbocycles. The highest BCUT2D eigenvalue weighted by Crippen LogP contribution is 2.66. The van der Waals surface area contributed by atoms with Crippen molar-refractivity contribution in [3.8, 4) is 0 Å². The van der Waals surface area contributed by atoms with Crippen LogP contribution in [0.2, 0.25) is 0 Å². The van der Waals surface area contributed by atoms with Gasteiger partial charge in [0.2, 0.25) is 0 Å². The first-order valence-electron chi connectivity index (χ1n) is 7.33. The number of hydrogen-bond donors (Lipinski definition) is 1. The van der Waals surface area contributed by atoms with Crippen LogP contribution in [0.25, 0.3) is 0 Å². The van der Waals surface area contributed by atoms with Crippen LogP contribution in [0.1, 0.15) is 28.8 Å². The fourth-order valence-corrected chi connectivity index (χ4v) is 5.20. The van der Waals surface area contributed by atoms with Crippen molar-refractivity contribution >= 4 is 5.78 Å².